The number of hydrogen-bond acceptors (Lipinski definition) is 11. The third-order valence-corrected chi connectivity index (χ3v) is 6.49. The number of benzene rings is 1. The molecule has 38 heavy (non-hydrogen) atoms. The van der Waals surface area contributed by atoms with E-state index in [0.717, 1.165) is 5.39 Å². The van der Waals surface area contributed by atoms with Crippen LogP contribution in [0.15, 0.2) is 47.7 Å². The van der Waals surface area contributed by atoms with Crippen molar-refractivity contribution in [3.05, 3.63) is 64.2 Å². The highest BCUT2D eigenvalue weighted by molar-refractivity contribution is 7.21. The first kappa shape index (κ1) is 25.7. The first-order valence-electron chi connectivity index (χ1n) is 11.2. The van der Waals surface area contributed by atoms with E-state index >= 15 is 0 Å². The van der Waals surface area contributed by atoms with Crippen LogP contribution in [0.4, 0.5) is 10.1 Å². The fraction of sp³-hybridized carbons (Fsp3) is 0.208. The Labute approximate surface area is 223 Å². The molecule has 0 amide bonds. The Morgan fingerprint density at radius 1 is 1.21 bits per heavy atom. The zero-order valence-corrected chi connectivity index (χ0v) is 21.5. The lowest BCUT2D eigenvalue weighted by molar-refractivity contribution is -0.121. The molecule has 1 aromatic carbocycles. The molecular weight excluding hydrogens is 539 g/mol. The molecule has 0 bridgehead atoms. The average Bonchev–Trinajstić information content (AvgIpc) is 3.30. The molecule has 196 valence electrons. The van der Waals surface area contributed by atoms with E-state index in [1.165, 1.54) is 29.8 Å². The van der Waals surface area contributed by atoms with E-state index in [9.17, 15) is 14.3 Å². The first-order chi connectivity index (χ1) is 18.3. The zero-order valence-electron chi connectivity index (χ0n) is 19.9. The number of nitrogens with zero attached hydrogens (tertiary/aromatic N) is 4. The Morgan fingerprint density at radius 2 is 2.05 bits per heavy atom. The van der Waals surface area contributed by atoms with E-state index < -0.39 is 24.0 Å². The van der Waals surface area contributed by atoms with Crippen LogP contribution in [0, 0.1) is 5.82 Å². The molecule has 5 rings (SSSR count). The molecule has 0 saturated carbocycles. The van der Waals surface area contributed by atoms with Crippen molar-refractivity contribution in [2.45, 2.75) is 19.4 Å². The third kappa shape index (κ3) is 5.65. The summed E-state index contributed by atoms with van der Waals surface area (Å²) < 4.78 is 30.9. The fourth-order valence-corrected chi connectivity index (χ4v) is 4.72. The summed E-state index contributed by atoms with van der Waals surface area (Å²) in [5.41, 5.74) is 1.52. The van der Waals surface area contributed by atoms with Gasteiger partial charge in [-0.3, -0.25) is 4.98 Å². The van der Waals surface area contributed by atoms with E-state index in [1.54, 1.807) is 32.4 Å². The number of aromatic amines is 1. The minimum absolute atomic E-state index is 0.103. The van der Waals surface area contributed by atoms with Crippen molar-refractivity contribution < 1.29 is 23.7 Å². The van der Waals surface area contributed by atoms with Crippen LogP contribution in [0.1, 0.15) is 6.92 Å². The lowest BCUT2D eigenvalue weighted by Gasteiger charge is -2.19. The number of methoxy groups -OCH3 is 1. The molecule has 3 N–H and O–H groups in total. The predicted molar refractivity (Wildman–Crippen MR) is 140 cm³/mol. The normalized spacial score (nSPS) is 13.0. The van der Waals surface area contributed by atoms with Crippen molar-refractivity contribution in [3.63, 3.8) is 0 Å². The quantitative estimate of drug-likeness (QED) is 0.227. The summed E-state index contributed by atoms with van der Waals surface area (Å²) >= 11 is 7.58. The fourth-order valence-electron chi connectivity index (χ4n) is 3.56. The van der Waals surface area contributed by atoms with Crippen LogP contribution in [0.3, 0.4) is 0 Å². The number of thiazole rings is 1. The molecule has 0 spiro atoms. The van der Waals surface area contributed by atoms with Crippen molar-refractivity contribution in [3.8, 4) is 22.2 Å². The number of nitrogens with one attached hydrogen (secondary N) is 2. The van der Waals surface area contributed by atoms with Gasteiger partial charge in [-0.15, -0.1) is 0 Å². The van der Waals surface area contributed by atoms with Crippen LogP contribution in [0.5, 0.6) is 11.6 Å². The topological polar surface area (TPSA) is 144 Å². The number of aliphatic hydroxyl groups is 1. The van der Waals surface area contributed by atoms with Gasteiger partial charge in [0.15, 0.2) is 5.82 Å². The number of halogens is 2. The van der Waals surface area contributed by atoms with Gasteiger partial charge in [-0.25, -0.2) is 14.2 Å². The summed E-state index contributed by atoms with van der Waals surface area (Å²) in [5.74, 6) is -0.330. The van der Waals surface area contributed by atoms with Crippen LogP contribution in [0.2, 0.25) is 5.02 Å². The Morgan fingerprint density at radius 3 is 2.82 bits per heavy atom. The van der Waals surface area contributed by atoms with Gasteiger partial charge in [0.1, 0.15) is 27.7 Å². The smallest absolute Gasteiger partial charge is 0.345 e. The highest BCUT2D eigenvalue weighted by Crippen LogP contribution is 2.37. The van der Waals surface area contributed by atoms with E-state index in [1.807, 2.05) is 6.07 Å². The largest absolute Gasteiger partial charge is 0.495 e. The van der Waals surface area contributed by atoms with Gasteiger partial charge >= 0.3 is 5.69 Å². The number of pyridine rings is 2. The Balaban J connectivity index is 1.31. The van der Waals surface area contributed by atoms with Crippen LogP contribution in [-0.2, 0) is 4.74 Å². The first-order valence-corrected chi connectivity index (χ1v) is 12.4. The monoisotopic (exact) mass is 558 g/mol. The van der Waals surface area contributed by atoms with Crippen molar-refractivity contribution in [1.29, 1.82) is 0 Å². The number of ether oxygens (including phenoxy) is 3. The molecule has 2 atom stereocenters. The number of anilines is 1. The summed E-state index contributed by atoms with van der Waals surface area (Å²) in [4.78, 5) is 30.7. The maximum absolute atomic E-state index is 14.8. The molecule has 0 fully saturated rings. The number of fused-ring (bicyclic) bond motifs is 2. The van der Waals surface area contributed by atoms with E-state index in [-0.39, 0.29) is 12.5 Å². The molecule has 14 heteroatoms. The summed E-state index contributed by atoms with van der Waals surface area (Å²) in [5, 5.41) is 14.5. The van der Waals surface area contributed by atoms with Gasteiger partial charge in [-0.05, 0) is 25.1 Å². The molecule has 5 aromatic rings. The highest BCUT2D eigenvalue weighted by Gasteiger charge is 2.18. The number of aliphatic hydroxyl groups excluding tert-OH is 1. The van der Waals surface area contributed by atoms with Gasteiger partial charge < -0.3 is 29.6 Å². The second-order valence-corrected chi connectivity index (χ2v) is 9.49. The molecule has 0 radical (unpaired) electrons. The summed E-state index contributed by atoms with van der Waals surface area (Å²) in [7, 11) is 1.56. The molecule has 4 heterocycles. The number of hydrogen-bond donors (Lipinski definition) is 3. The molecule has 4 aromatic heterocycles. The number of rotatable bonds is 9. The molecule has 1 unspecified atom stereocenters. The van der Waals surface area contributed by atoms with Crippen molar-refractivity contribution in [2.24, 2.45) is 0 Å². The average molecular weight is 559 g/mol. The maximum atomic E-state index is 14.8. The molecule has 0 aliphatic carbocycles. The van der Waals surface area contributed by atoms with Crippen molar-refractivity contribution in [1.82, 2.24) is 24.9 Å². The van der Waals surface area contributed by atoms with Crippen molar-refractivity contribution in [2.75, 3.05) is 19.0 Å². The SMILES string of the molecule is COc1cnc2c(-c3nc4cc(F)c(OC[C@@H](C)OC(O)Nc5cnc(=O)[nH]c5)nc4s3)cc(Cl)cc2c1. The van der Waals surface area contributed by atoms with Gasteiger partial charge in [-0.1, -0.05) is 22.9 Å². The molecule has 11 nitrogen and oxygen atoms in total. The van der Waals surface area contributed by atoms with Crippen molar-refractivity contribution >= 4 is 49.9 Å². The van der Waals surface area contributed by atoms with Gasteiger partial charge in [-0.2, -0.15) is 9.97 Å². The van der Waals surface area contributed by atoms with Gasteiger partial charge in [0.05, 0.1) is 36.8 Å². The highest BCUT2D eigenvalue weighted by atomic mass is 35.5. The molecular formula is C24H20ClFN6O5S. The van der Waals surface area contributed by atoms with E-state index in [0.29, 0.717) is 42.9 Å². The second kappa shape index (κ2) is 10.8. The zero-order chi connectivity index (χ0) is 26.8. The van der Waals surface area contributed by atoms with Gasteiger partial charge in [0, 0.05) is 28.2 Å². The van der Waals surface area contributed by atoms with Crippen LogP contribution in [-0.4, -0.2) is 56.3 Å². The summed E-state index contributed by atoms with van der Waals surface area (Å²) in [6.45, 7) is 1.53. The summed E-state index contributed by atoms with van der Waals surface area (Å²) in [6.07, 6.45) is 2.10. The Bertz CT molecular complexity index is 1660. The lowest BCUT2D eigenvalue weighted by Crippen LogP contribution is -2.30. The van der Waals surface area contributed by atoms with Gasteiger partial charge in [0.25, 0.3) is 5.88 Å². The Hall–Kier alpha value is -3.91. The van der Waals surface area contributed by atoms with Crippen LogP contribution in [0.25, 0.3) is 31.8 Å². The molecule has 0 aliphatic heterocycles. The minimum atomic E-state index is -1.42. The van der Waals surface area contributed by atoms with Crippen LogP contribution < -0.4 is 20.5 Å². The van der Waals surface area contributed by atoms with Crippen LogP contribution >= 0.6 is 22.9 Å². The molecule has 0 aliphatic rings. The Kier molecular flexibility index (Phi) is 7.33. The minimum Gasteiger partial charge on any atom is -0.495 e. The third-order valence-electron chi connectivity index (χ3n) is 5.27. The standard InChI is InChI=1S/C24H20ClFN6O5S/c1-11(37-24(34)30-14-7-28-23(33)29-8-14)10-36-20-17(26)6-18-22(32-20)38-21(31-18)16-5-13(25)3-12-4-15(35-2)9-27-19(12)16/h3-9,11,24,30,34H,10H2,1-2H3,(H,28,29,33)/t11-,24?/m1/s1. The molecule has 0 saturated heterocycles. The second-order valence-electron chi connectivity index (χ2n) is 8.08. The lowest BCUT2D eigenvalue weighted by atomic mass is 10.1. The maximum Gasteiger partial charge on any atom is 0.345 e. The number of H-pyrrole nitrogens is 1. The summed E-state index contributed by atoms with van der Waals surface area (Å²) in [6, 6.07) is 6.59. The predicted octanol–water partition coefficient (Wildman–Crippen LogP) is 3.96. The number of aromatic nitrogens is 5. The van der Waals surface area contributed by atoms with Gasteiger partial charge in [0.2, 0.25) is 6.41 Å². The van der Waals surface area contributed by atoms with E-state index in [2.05, 4.69) is 30.2 Å². The van der Waals surface area contributed by atoms with E-state index in [4.69, 9.17) is 25.8 Å².